The van der Waals surface area contributed by atoms with Crippen LogP contribution in [0.1, 0.15) is 0 Å². The summed E-state index contributed by atoms with van der Waals surface area (Å²) in [7, 11) is 0. The quantitative estimate of drug-likeness (QED) is 0.166. The Hall–Kier alpha value is -7.36. The molecule has 0 aliphatic rings. The molecule has 0 bridgehead atoms. The van der Waals surface area contributed by atoms with Gasteiger partial charge in [-0.25, -0.2) is 9.97 Å². The van der Waals surface area contributed by atoms with Crippen LogP contribution in [0.3, 0.4) is 0 Å². The highest BCUT2D eigenvalue weighted by molar-refractivity contribution is 6.09. The molecule has 0 N–H and O–H groups in total. The number of benzene rings is 8. The van der Waals surface area contributed by atoms with E-state index in [4.69, 9.17) is 9.97 Å². The zero-order valence-corrected chi connectivity index (χ0v) is 30.0. The highest BCUT2D eigenvalue weighted by Gasteiger charge is 2.16. The van der Waals surface area contributed by atoms with Crippen LogP contribution in [-0.2, 0) is 0 Å². The minimum Gasteiger partial charge on any atom is -0.309 e. The Labute approximate surface area is 320 Å². The molecule has 0 spiro atoms. The minimum atomic E-state index is 0.685. The van der Waals surface area contributed by atoms with E-state index < -0.39 is 0 Å². The second-order valence-corrected chi connectivity index (χ2v) is 13.9. The molecule has 2 heterocycles. The molecule has 258 valence electrons. The summed E-state index contributed by atoms with van der Waals surface area (Å²) in [4.78, 5) is 10.5. The molecule has 8 aromatic carbocycles. The smallest absolute Gasteiger partial charge is 0.160 e. The van der Waals surface area contributed by atoms with E-state index in [0.29, 0.717) is 5.82 Å². The third-order valence-corrected chi connectivity index (χ3v) is 10.4. The average molecular weight is 702 g/mol. The van der Waals surface area contributed by atoms with Crippen molar-refractivity contribution in [2.24, 2.45) is 0 Å². The molecule has 2 aromatic heterocycles. The molecular formula is C52H35N3. The van der Waals surface area contributed by atoms with E-state index in [-0.39, 0.29) is 0 Å². The lowest BCUT2D eigenvalue weighted by molar-refractivity contribution is 1.18. The van der Waals surface area contributed by atoms with E-state index in [1.807, 2.05) is 6.07 Å². The molecule has 3 heteroatoms. The Morgan fingerprint density at radius 2 is 0.691 bits per heavy atom. The van der Waals surface area contributed by atoms with Crippen LogP contribution < -0.4 is 0 Å². The number of nitrogens with zero attached hydrogens (tertiary/aromatic N) is 3. The van der Waals surface area contributed by atoms with Crippen molar-refractivity contribution in [3.05, 3.63) is 212 Å². The number of fused-ring (bicyclic) bond motifs is 3. The van der Waals surface area contributed by atoms with Gasteiger partial charge in [0.2, 0.25) is 0 Å². The fourth-order valence-electron chi connectivity index (χ4n) is 7.72. The second-order valence-electron chi connectivity index (χ2n) is 13.9. The van der Waals surface area contributed by atoms with Gasteiger partial charge in [-0.15, -0.1) is 0 Å². The van der Waals surface area contributed by atoms with Crippen molar-refractivity contribution < 1.29 is 0 Å². The number of rotatable bonds is 7. The summed E-state index contributed by atoms with van der Waals surface area (Å²) in [5, 5.41) is 2.51. The van der Waals surface area contributed by atoms with Crippen LogP contribution in [0.25, 0.3) is 94.8 Å². The number of hydrogen-bond acceptors (Lipinski definition) is 2. The average Bonchev–Trinajstić information content (AvgIpc) is 3.61. The largest absolute Gasteiger partial charge is 0.309 e. The van der Waals surface area contributed by atoms with Crippen LogP contribution in [0.5, 0.6) is 0 Å². The lowest BCUT2D eigenvalue weighted by Gasteiger charge is -2.14. The summed E-state index contributed by atoms with van der Waals surface area (Å²) < 4.78 is 2.37. The molecule has 0 fully saturated rings. The maximum absolute atomic E-state index is 5.32. The van der Waals surface area contributed by atoms with Crippen molar-refractivity contribution >= 4 is 21.8 Å². The van der Waals surface area contributed by atoms with Gasteiger partial charge in [0.25, 0.3) is 0 Å². The van der Waals surface area contributed by atoms with Gasteiger partial charge in [0.1, 0.15) is 0 Å². The molecule has 0 radical (unpaired) electrons. The molecule has 0 aliphatic heterocycles. The summed E-state index contributed by atoms with van der Waals surface area (Å²) in [6.07, 6.45) is 0. The Morgan fingerprint density at radius 3 is 1.29 bits per heavy atom. The maximum Gasteiger partial charge on any atom is 0.160 e. The molecule has 0 amide bonds. The topological polar surface area (TPSA) is 30.7 Å². The second kappa shape index (κ2) is 13.9. The van der Waals surface area contributed by atoms with E-state index >= 15 is 0 Å². The maximum atomic E-state index is 5.32. The highest BCUT2D eigenvalue weighted by Crippen LogP contribution is 2.36. The Kier molecular flexibility index (Phi) is 8.16. The van der Waals surface area contributed by atoms with Gasteiger partial charge < -0.3 is 4.57 Å². The van der Waals surface area contributed by atoms with Gasteiger partial charge in [0.15, 0.2) is 5.82 Å². The van der Waals surface area contributed by atoms with Gasteiger partial charge in [0.05, 0.1) is 22.4 Å². The van der Waals surface area contributed by atoms with Crippen molar-refractivity contribution in [3.63, 3.8) is 0 Å². The third kappa shape index (κ3) is 6.18. The van der Waals surface area contributed by atoms with Gasteiger partial charge >= 0.3 is 0 Å². The first-order valence-electron chi connectivity index (χ1n) is 18.7. The standard InChI is InChI=1S/C52H35N3/c1-4-16-36(17-5-1)42-31-43(37-18-6-2-7-19-37)33-44(32-42)52-53-48(38-20-8-3-9-21-38)35-49(54-52)41-24-14-22-39(30-41)40-23-15-25-45(34-40)55-50-28-12-10-26-46(50)47-27-11-13-29-51(47)55/h1-35H. The normalized spacial score (nSPS) is 11.3. The molecule has 10 rings (SSSR count). The molecule has 0 unspecified atom stereocenters. The van der Waals surface area contributed by atoms with E-state index in [1.54, 1.807) is 0 Å². The van der Waals surface area contributed by atoms with Crippen molar-refractivity contribution in [3.8, 4) is 73.0 Å². The number of aromatic nitrogens is 3. The van der Waals surface area contributed by atoms with Crippen LogP contribution >= 0.6 is 0 Å². The summed E-state index contributed by atoms with van der Waals surface area (Å²) in [6, 6.07) is 75.1. The van der Waals surface area contributed by atoms with Gasteiger partial charge in [-0.1, -0.05) is 158 Å². The van der Waals surface area contributed by atoms with Crippen LogP contribution in [0.4, 0.5) is 0 Å². The SMILES string of the molecule is c1ccc(-c2cc(-c3ccccc3)cc(-c3nc(-c4ccccc4)cc(-c4cccc(-c5cccc(-n6c7ccccc7c7ccccc76)c5)c4)n3)c2)cc1. The molecule has 0 atom stereocenters. The lowest BCUT2D eigenvalue weighted by Crippen LogP contribution is -1.97. The summed E-state index contributed by atoms with van der Waals surface area (Å²) in [5.41, 5.74) is 15.1. The predicted molar refractivity (Wildman–Crippen MR) is 229 cm³/mol. The van der Waals surface area contributed by atoms with Crippen molar-refractivity contribution in [2.45, 2.75) is 0 Å². The van der Waals surface area contributed by atoms with Gasteiger partial charge in [-0.2, -0.15) is 0 Å². The summed E-state index contributed by atoms with van der Waals surface area (Å²) in [5.74, 6) is 0.685. The van der Waals surface area contributed by atoms with Crippen LogP contribution in [0, 0.1) is 0 Å². The summed E-state index contributed by atoms with van der Waals surface area (Å²) >= 11 is 0. The van der Waals surface area contributed by atoms with E-state index in [2.05, 4.69) is 211 Å². The molecule has 0 aliphatic carbocycles. The number of hydrogen-bond donors (Lipinski definition) is 0. The van der Waals surface area contributed by atoms with Gasteiger partial charge in [-0.05, 0) is 88.0 Å². The fourth-order valence-corrected chi connectivity index (χ4v) is 7.72. The Bertz CT molecular complexity index is 2850. The highest BCUT2D eigenvalue weighted by atomic mass is 15.0. The van der Waals surface area contributed by atoms with E-state index in [9.17, 15) is 0 Å². The Balaban J connectivity index is 1.11. The molecule has 10 aromatic rings. The molecular weight excluding hydrogens is 667 g/mol. The first-order chi connectivity index (χ1) is 27.2. The monoisotopic (exact) mass is 701 g/mol. The van der Waals surface area contributed by atoms with Crippen molar-refractivity contribution in [1.29, 1.82) is 0 Å². The van der Waals surface area contributed by atoms with Gasteiger partial charge in [-0.3, -0.25) is 0 Å². The zero-order valence-electron chi connectivity index (χ0n) is 30.0. The first kappa shape index (κ1) is 32.3. The summed E-state index contributed by atoms with van der Waals surface area (Å²) in [6.45, 7) is 0. The lowest BCUT2D eigenvalue weighted by atomic mass is 9.95. The fraction of sp³-hybridized carbons (Fsp3) is 0. The van der Waals surface area contributed by atoms with Gasteiger partial charge in [0, 0.05) is 33.2 Å². The third-order valence-electron chi connectivity index (χ3n) is 10.4. The van der Waals surface area contributed by atoms with Crippen LogP contribution in [0.15, 0.2) is 212 Å². The van der Waals surface area contributed by atoms with Crippen LogP contribution in [0.2, 0.25) is 0 Å². The Morgan fingerprint density at radius 1 is 0.273 bits per heavy atom. The van der Waals surface area contributed by atoms with E-state index in [0.717, 1.165) is 67.1 Å². The molecule has 55 heavy (non-hydrogen) atoms. The van der Waals surface area contributed by atoms with Crippen molar-refractivity contribution in [1.82, 2.24) is 14.5 Å². The number of para-hydroxylation sites is 2. The predicted octanol–water partition coefficient (Wildman–Crippen LogP) is 13.6. The van der Waals surface area contributed by atoms with Crippen molar-refractivity contribution in [2.75, 3.05) is 0 Å². The van der Waals surface area contributed by atoms with Crippen LogP contribution in [-0.4, -0.2) is 14.5 Å². The zero-order chi connectivity index (χ0) is 36.6. The molecule has 0 saturated heterocycles. The molecule has 3 nitrogen and oxygen atoms in total. The molecule has 0 saturated carbocycles. The minimum absolute atomic E-state index is 0.685. The van der Waals surface area contributed by atoms with E-state index in [1.165, 1.54) is 21.8 Å². The first-order valence-corrected chi connectivity index (χ1v) is 18.7.